The third-order valence-electron chi connectivity index (χ3n) is 4.75. The number of rotatable bonds is 3. The maximum atomic E-state index is 10.6. The van der Waals surface area contributed by atoms with Crippen LogP contribution in [0, 0.1) is 0 Å². The molecule has 98 valence electrons. The number of aliphatic hydroxyl groups is 1. The first-order valence-electron chi connectivity index (χ1n) is 7.33. The lowest BCUT2D eigenvalue weighted by Gasteiger charge is -2.35. The molecule has 0 radical (unpaired) electrons. The van der Waals surface area contributed by atoms with E-state index >= 15 is 0 Å². The van der Waals surface area contributed by atoms with Gasteiger partial charge in [-0.25, -0.2) is 0 Å². The monoisotopic (exact) mass is 245 g/mol. The average Bonchev–Trinajstić information content (AvgIpc) is 3.01. The number of nitrogens with zero attached hydrogens (tertiary/aromatic N) is 1. The number of aliphatic hydroxyl groups excluding tert-OH is 1. The van der Waals surface area contributed by atoms with Crippen LogP contribution in [0.25, 0.3) is 0 Å². The normalized spacial score (nSPS) is 27.9. The Kier molecular flexibility index (Phi) is 3.40. The first-order chi connectivity index (χ1) is 8.81. The maximum Gasteiger partial charge on any atom is 0.0951 e. The van der Waals surface area contributed by atoms with Gasteiger partial charge in [0.15, 0.2) is 0 Å². The third kappa shape index (κ3) is 1.98. The van der Waals surface area contributed by atoms with Crippen molar-refractivity contribution in [2.45, 2.75) is 57.2 Å². The molecule has 2 heteroatoms. The number of fused-ring (bicyclic) bond motifs is 1. The van der Waals surface area contributed by atoms with Crippen LogP contribution in [0.1, 0.15) is 49.8 Å². The van der Waals surface area contributed by atoms with Crippen LogP contribution in [0.5, 0.6) is 0 Å². The Morgan fingerprint density at radius 2 is 1.94 bits per heavy atom. The molecule has 1 N–H and O–H groups in total. The van der Waals surface area contributed by atoms with E-state index in [0.717, 1.165) is 18.5 Å². The second-order valence-electron chi connectivity index (χ2n) is 5.68. The summed E-state index contributed by atoms with van der Waals surface area (Å²) in [5.74, 6) is 0. The van der Waals surface area contributed by atoms with Gasteiger partial charge in [-0.2, -0.15) is 0 Å². The Morgan fingerprint density at radius 3 is 2.61 bits per heavy atom. The zero-order valence-electron chi connectivity index (χ0n) is 11.2. The zero-order chi connectivity index (χ0) is 12.5. The highest BCUT2D eigenvalue weighted by Gasteiger charge is 2.37. The van der Waals surface area contributed by atoms with Gasteiger partial charge in [0.2, 0.25) is 0 Å². The van der Waals surface area contributed by atoms with Crippen molar-refractivity contribution in [3.8, 4) is 0 Å². The molecular weight excluding hydrogens is 222 g/mol. The molecule has 0 heterocycles. The summed E-state index contributed by atoms with van der Waals surface area (Å²) >= 11 is 0. The second kappa shape index (κ2) is 5.02. The minimum atomic E-state index is -0.290. The van der Waals surface area contributed by atoms with Gasteiger partial charge in [-0.3, -0.25) is 4.90 Å². The molecule has 3 rings (SSSR count). The van der Waals surface area contributed by atoms with E-state index in [-0.39, 0.29) is 6.10 Å². The Balaban J connectivity index is 1.81. The maximum absolute atomic E-state index is 10.6. The van der Waals surface area contributed by atoms with Crippen molar-refractivity contribution in [3.05, 3.63) is 35.4 Å². The van der Waals surface area contributed by atoms with Crippen LogP contribution < -0.4 is 0 Å². The molecule has 18 heavy (non-hydrogen) atoms. The Labute approximate surface area is 110 Å². The van der Waals surface area contributed by atoms with Gasteiger partial charge in [-0.05, 0) is 36.9 Å². The highest BCUT2D eigenvalue weighted by molar-refractivity contribution is 5.36. The van der Waals surface area contributed by atoms with Crippen molar-refractivity contribution in [3.63, 3.8) is 0 Å². The molecule has 0 aromatic heterocycles. The molecule has 0 amide bonds. The second-order valence-corrected chi connectivity index (χ2v) is 5.68. The van der Waals surface area contributed by atoms with Crippen molar-refractivity contribution in [2.24, 2.45) is 0 Å². The van der Waals surface area contributed by atoms with Crippen LogP contribution in [-0.2, 0) is 6.42 Å². The molecule has 0 aliphatic heterocycles. The zero-order valence-corrected chi connectivity index (χ0v) is 11.2. The largest absolute Gasteiger partial charge is 0.387 e. The fourth-order valence-corrected chi connectivity index (χ4v) is 3.85. The summed E-state index contributed by atoms with van der Waals surface area (Å²) < 4.78 is 0. The quantitative estimate of drug-likeness (QED) is 0.885. The van der Waals surface area contributed by atoms with Crippen LogP contribution in [0.15, 0.2) is 24.3 Å². The van der Waals surface area contributed by atoms with E-state index in [4.69, 9.17) is 0 Å². The molecule has 1 aromatic rings. The van der Waals surface area contributed by atoms with E-state index < -0.39 is 0 Å². The summed E-state index contributed by atoms with van der Waals surface area (Å²) in [6.45, 7) is 3.29. The molecule has 2 atom stereocenters. The fraction of sp³-hybridized carbons (Fsp3) is 0.625. The first kappa shape index (κ1) is 12.2. The van der Waals surface area contributed by atoms with Gasteiger partial charge in [-0.1, -0.05) is 44.0 Å². The highest BCUT2D eigenvalue weighted by Crippen LogP contribution is 2.37. The number of hydrogen-bond donors (Lipinski definition) is 1. The van der Waals surface area contributed by atoms with E-state index in [1.165, 1.54) is 31.2 Å². The summed E-state index contributed by atoms with van der Waals surface area (Å²) in [5, 5.41) is 10.6. The van der Waals surface area contributed by atoms with Crippen LogP contribution in [-0.4, -0.2) is 28.6 Å². The Bertz CT molecular complexity index is 411. The molecule has 1 aromatic carbocycles. The molecule has 2 aliphatic rings. The molecular formula is C16H23NO. The van der Waals surface area contributed by atoms with Crippen molar-refractivity contribution in [2.75, 3.05) is 6.54 Å². The molecule has 0 saturated heterocycles. The highest BCUT2D eigenvalue weighted by atomic mass is 16.3. The van der Waals surface area contributed by atoms with Crippen LogP contribution >= 0.6 is 0 Å². The molecule has 1 fully saturated rings. The van der Waals surface area contributed by atoms with E-state index in [1.807, 2.05) is 6.07 Å². The lowest BCUT2D eigenvalue weighted by atomic mass is 10.1. The van der Waals surface area contributed by atoms with E-state index in [1.54, 1.807) is 0 Å². The van der Waals surface area contributed by atoms with E-state index in [2.05, 4.69) is 30.0 Å². The summed E-state index contributed by atoms with van der Waals surface area (Å²) in [7, 11) is 0. The summed E-state index contributed by atoms with van der Waals surface area (Å²) in [4.78, 5) is 2.55. The van der Waals surface area contributed by atoms with Crippen molar-refractivity contribution >= 4 is 0 Å². The summed E-state index contributed by atoms with van der Waals surface area (Å²) in [5.41, 5.74) is 2.49. The van der Waals surface area contributed by atoms with Gasteiger partial charge in [-0.15, -0.1) is 0 Å². The van der Waals surface area contributed by atoms with Gasteiger partial charge in [0.05, 0.1) is 6.10 Å². The topological polar surface area (TPSA) is 23.5 Å². The minimum Gasteiger partial charge on any atom is -0.387 e. The molecule has 0 spiro atoms. The lowest BCUT2D eigenvalue weighted by Crippen LogP contribution is -2.44. The Morgan fingerprint density at radius 1 is 1.22 bits per heavy atom. The predicted molar refractivity (Wildman–Crippen MR) is 73.5 cm³/mol. The summed E-state index contributed by atoms with van der Waals surface area (Å²) in [6.07, 6.45) is 6.07. The summed E-state index contributed by atoms with van der Waals surface area (Å²) in [6, 6.07) is 9.37. The van der Waals surface area contributed by atoms with Gasteiger partial charge in [0, 0.05) is 12.1 Å². The minimum absolute atomic E-state index is 0.290. The van der Waals surface area contributed by atoms with E-state index in [0.29, 0.717) is 12.1 Å². The van der Waals surface area contributed by atoms with Gasteiger partial charge >= 0.3 is 0 Å². The standard InChI is InChI=1S/C16H23NO/c1-2-17(13-8-4-5-9-13)15-11-12-7-3-6-10-14(12)16(15)18/h3,6-7,10,13,15-16,18H,2,4-5,8-9,11H2,1H3. The van der Waals surface area contributed by atoms with Crippen molar-refractivity contribution in [1.29, 1.82) is 0 Å². The third-order valence-corrected chi connectivity index (χ3v) is 4.75. The SMILES string of the molecule is CCN(C1CCCC1)C1Cc2ccccc2C1O. The number of benzene rings is 1. The molecule has 1 saturated carbocycles. The molecule has 2 aliphatic carbocycles. The number of hydrogen-bond acceptors (Lipinski definition) is 2. The van der Waals surface area contributed by atoms with Gasteiger partial charge in [0.25, 0.3) is 0 Å². The van der Waals surface area contributed by atoms with Crippen LogP contribution in [0.2, 0.25) is 0 Å². The predicted octanol–water partition coefficient (Wildman–Crippen LogP) is 2.91. The Hall–Kier alpha value is -0.860. The van der Waals surface area contributed by atoms with E-state index in [9.17, 15) is 5.11 Å². The first-order valence-corrected chi connectivity index (χ1v) is 7.33. The molecule has 2 nitrogen and oxygen atoms in total. The van der Waals surface area contributed by atoms with Crippen LogP contribution in [0.3, 0.4) is 0 Å². The number of likely N-dealkylation sites (N-methyl/N-ethyl adjacent to an activating group) is 1. The van der Waals surface area contributed by atoms with Gasteiger partial charge < -0.3 is 5.11 Å². The van der Waals surface area contributed by atoms with Crippen molar-refractivity contribution in [1.82, 2.24) is 4.90 Å². The fourth-order valence-electron chi connectivity index (χ4n) is 3.85. The van der Waals surface area contributed by atoms with Gasteiger partial charge in [0.1, 0.15) is 0 Å². The molecule has 2 unspecified atom stereocenters. The smallest absolute Gasteiger partial charge is 0.0951 e. The van der Waals surface area contributed by atoms with Crippen molar-refractivity contribution < 1.29 is 5.11 Å². The lowest BCUT2D eigenvalue weighted by molar-refractivity contribution is 0.0384. The van der Waals surface area contributed by atoms with Crippen LogP contribution in [0.4, 0.5) is 0 Å². The molecule has 0 bridgehead atoms. The average molecular weight is 245 g/mol.